The Morgan fingerprint density at radius 1 is 0.417 bits per heavy atom. The summed E-state index contributed by atoms with van der Waals surface area (Å²) in [6.45, 7) is 0. The molecule has 0 amide bonds. The SMILES string of the molecule is FC(F)(F)C1=C(C(F)(F)F)C(C(F)(F)F)=C(C(F)(F)F)N=NN=N1. The van der Waals surface area contributed by atoms with Crippen LogP contribution in [0.4, 0.5) is 52.7 Å². The van der Waals surface area contributed by atoms with Gasteiger partial charge in [-0.15, -0.1) is 10.2 Å². The van der Waals surface area contributed by atoms with E-state index in [0.29, 0.717) is 0 Å². The molecule has 16 heteroatoms. The molecule has 136 valence electrons. The number of halogens is 12. The highest BCUT2D eigenvalue weighted by Gasteiger charge is 2.58. The second-order valence-corrected chi connectivity index (χ2v) is 3.82. The minimum absolute atomic E-state index is 1.78. The average molecular weight is 380 g/mol. The van der Waals surface area contributed by atoms with Gasteiger partial charge >= 0.3 is 24.7 Å². The topological polar surface area (TPSA) is 49.4 Å². The molecule has 0 fully saturated rings. The molecule has 0 aliphatic carbocycles. The summed E-state index contributed by atoms with van der Waals surface area (Å²) in [7, 11) is 0. The van der Waals surface area contributed by atoms with Crippen molar-refractivity contribution in [3.8, 4) is 0 Å². The first-order chi connectivity index (χ1) is 10.5. The molecule has 1 rings (SSSR count). The highest BCUT2D eigenvalue weighted by molar-refractivity contribution is 5.47. The lowest BCUT2D eigenvalue weighted by Gasteiger charge is -2.23. The van der Waals surface area contributed by atoms with Crippen molar-refractivity contribution in [1.29, 1.82) is 0 Å². The summed E-state index contributed by atoms with van der Waals surface area (Å²) < 4.78 is 152. The Morgan fingerprint density at radius 2 is 0.667 bits per heavy atom. The number of allylic oxidation sites excluding steroid dienone is 4. The van der Waals surface area contributed by atoms with Crippen LogP contribution < -0.4 is 0 Å². The van der Waals surface area contributed by atoms with E-state index in [4.69, 9.17) is 0 Å². The molecule has 0 radical (unpaired) electrons. The zero-order valence-corrected chi connectivity index (χ0v) is 10.3. The first-order valence-corrected chi connectivity index (χ1v) is 5.07. The summed E-state index contributed by atoms with van der Waals surface area (Å²) in [5, 5.41) is 7.41. The first-order valence-electron chi connectivity index (χ1n) is 5.07. The maximum absolute atomic E-state index is 12.7. The minimum Gasteiger partial charge on any atom is -0.166 e. The van der Waals surface area contributed by atoms with Gasteiger partial charge in [0.25, 0.3) is 0 Å². The molecule has 0 aromatic heterocycles. The van der Waals surface area contributed by atoms with E-state index in [9.17, 15) is 52.7 Å². The molecular weight excluding hydrogens is 380 g/mol. The van der Waals surface area contributed by atoms with Gasteiger partial charge in [0, 0.05) is 0 Å². The highest BCUT2D eigenvalue weighted by Crippen LogP contribution is 2.49. The van der Waals surface area contributed by atoms with Crippen LogP contribution in [0.15, 0.2) is 43.2 Å². The lowest BCUT2D eigenvalue weighted by atomic mass is 9.99. The Kier molecular flexibility index (Phi) is 4.75. The summed E-state index contributed by atoms with van der Waals surface area (Å²) in [6.07, 6.45) is -25.5. The van der Waals surface area contributed by atoms with Crippen molar-refractivity contribution in [2.24, 2.45) is 20.7 Å². The van der Waals surface area contributed by atoms with Crippen LogP contribution in [0.2, 0.25) is 0 Å². The van der Waals surface area contributed by atoms with E-state index in [0.717, 1.165) is 0 Å². The molecule has 0 aromatic rings. The van der Waals surface area contributed by atoms with Gasteiger partial charge in [0.2, 0.25) is 0 Å². The fraction of sp³-hybridized carbons (Fsp3) is 0.500. The Labute approximate surface area is 122 Å². The van der Waals surface area contributed by atoms with Gasteiger partial charge in [-0.2, -0.15) is 52.7 Å². The number of hydrogen-bond donors (Lipinski definition) is 0. The van der Waals surface area contributed by atoms with E-state index in [1.807, 2.05) is 10.4 Å². The second-order valence-electron chi connectivity index (χ2n) is 3.82. The number of alkyl halides is 12. The molecule has 0 atom stereocenters. The summed E-state index contributed by atoms with van der Waals surface area (Å²) in [4.78, 5) is 0. The third-order valence-electron chi connectivity index (χ3n) is 2.16. The van der Waals surface area contributed by atoms with E-state index in [1.54, 1.807) is 10.2 Å². The molecule has 0 unspecified atom stereocenters. The van der Waals surface area contributed by atoms with Gasteiger partial charge in [-0.05, 0) is 10.4 Å². The molecule has 0 saturated heterocycles. The molecule has 0 bridgehead atoms. The maximum atomic E-state index is 12.7. The van der Waals surface area contributed by atoms with Crippen molar-refractivity contribution in [2.75, 3.05) is 0 Å². The second kappa shape index (κ2) is 5.73. The number of nitrogens with zero attached hydrogens (tertiary/aromatic N) is 4. The monoisotopic (exact) mass is 380 g/mol. The molecular formula is C8F12N4. The number of rotatable bonds is 0. The van der Waals surface area contributed by atoms with Crippen LogP contribution in [0.5, 0.6) is 0 Å². The smallest absolute Gasteiger partial charge is 0.166 e. The van der Waals surface area contributed by atoms with E-state index in [-0.39, 0.29) is 0 Å². The molecule has 0 aromatic carbocycles. The van der Waals surface area contributed by atoms with Gasteiger partial charge in [0.15, 0.2) is 11.4 Å². The Morgan fingerprint density at radius 3 is 0.833 bits per heavy atom. The minimum atomic E-state index is -6.52. The van der Waals surface area contributed by atoms with Gasteiger partial charge in [0.05, 0.1) is 0 Å². The van der Waals surface area contributed by atoms with Gasteiger partial charge in [-0.1, -0.05) is 0 Å². The van der Waals surface area contributed by atoms with E-state index >= 15 is 0 Å². The zero-order valence-electron chi connectivity index (χ0n) is 10.3. The Balaban J connectivity index is 4.11. The predicted octanol–water partition coefficient (Wildman–Crippen LogP) is 5.58. The standard InChI is InChI=1S/C8F12N4/c9-5(10,11)1-2(6(12,13)14)4(8(18,19)20)22-24-23-21-3(1)7(15,16)17. The molecule has 24 heavy (non-hydrogen) atoms. The van der Waals surface area contributed by atoms with E-state index < -0.39 is 47.2 Å². The molecule has 4 nitrogen and oxygen atoms in total. The third-order valence-corrected chi connectivity index (χ3v) is 2.16. The van der Waals surface area contributed by atoms with Crippen LogP contribution in [0.1, 0.15) is 0 Å². The van der Waals surface area contributed by atoms with Crippen LogP contribution in [0.3, 0.4) is 0 Å². The van der Waals surface area contributed by atoms with E-state index in [1.165, 1.54) is 0 Å². The predicted molar refractivity (Wildman–Crippen MR) is 48.0 cm³/mol. The largest absolute Gasteiger partial charge is 0.435 e. The molecule has 0 N–H and O–H groups in total. The van der Waals surface area contributed by atoms with Crippen molar-refractivity contribution >= 4 is 0 Å². The fourth-order valence-electron chi connectivity index (χ4n) is 1.42. The van der Waals surface area contributed by atoms with Crippen LogP contribution in [-0.4, -0.2) is 24.7 Å². The van der Waals surface area contributed by atoms with Gasteiger partial charge in [-0.3, -0.25) is 0 Å². The van der Waals surface area contributed by atoms with Crippen molar-refractivity contribution < 1.29 is 52.7 Å². The molecule has 0 saturated carbocycles. The van der Waals surface area contributed by atoms with Crippen LogP contribution in [0, 0.1) is 0 Å². The van der Waals surface area contributed by atoms with Gasteiger partial charge in [-0.25, -0.2) is 0 Å². The Hall–Kier alpha value is -2.16. The van der Waals surface area contributed by atoms with Crippen LogP contribution >= 0.6 is 0 Å². The zero-order chi connectivity index (χ0) is 19.1. The normalized spacial score (nSPS) is 18.2. The summed E-state index contributed by atoms with van der Waals surface area (Å²) >= 11 is 0. The molecule has 0 spiro atoms. The fourth-order valence-corrected chi connectivity index (χ4v) is 1.42. The number of hydrogen-bond acceptors (Lipinski definition) is 4. The van der Waals surface area contributed by atoms with Crippen molar-refractivity contribution in [1.82, 2.24) is 0 Å². The Bertz CT molecular complexity index is 567. The van der Waals surface area contributed by atoms with E-state index in [2.05, 4.69) is 0 Å². The van der Waals surface area contributed by atoms with Gasteiger partial charge < -0.3 is 0 Å². The summed E-state index contributed by atoms with van der Waals surface area (Å²) in [5.74, 6) is 0. The van der Waals surface area contributed by atoms with Crippen molar-refractivity contribution in [3.63, 3.8) is 0 Å². The molecule has 1 aliphatic rings. The summed E-state index contributed by atoms with van der Waals surface area (Å²) in [6, 6.07) is 0. The lowest BCUT2D eigenvalue weighted by molar-refractivity contribution is -0.137. The molecule has 1 heterocycles. The van der Waals surface area contributed by atoms with Crippen LogP contribution in [0.25, 0.3) is 0 Å². The van der Waals surface area contributed by atoms with Crippen LogP contribution in [-0.2, 0) is 0 Å². The third kappa shape index (κ3) is 4.22. The van der Waals surface area contributed by atoms with Crippen molar-refractivity contribution in [2.45, 2.75) is 24.7 Å². The average Bonchev–Trinajstić information content (AvgIpc) is 2.20. The maximum Gasteiger partial charge on any atom is 0.435 e. The highest BCUT2D eigenvalue weighted by atomic mass is 19.4. The van der Waals surface area contributed by atoms with Gasteiger partial charge in [0.1, 0.15) is 11.1 Å². The molecule has 1 aliphatic heterocycles. The lowest BCUT2D eigenvalue weighted by Crippen LogP contribution is -2.32. The summed E-state index contributed by atoms with van der Waals surface area (Å²) in [5.41, 5.74) is -14.1. The van der Waals surface area contributed by atoms with Crippen molar-refractivity contribution in [3.05, 3.63) is 22.5 Å². The quantitative estimate of drug-likeness (QED) is 0.493. The first kappa shape index (κ1) is 19.9.